The van der Waals surface area contributed by atoms with Crippen molar-refractivity contribution in [3.8, 4) is 0 Å². The fourth-order valence-corrected chi connectivity index (χ4v) is 5.52. The van der Waals surface area contributed by atoms with Gasteiger partial charge >= 0.3 is 0 Å². The zero-order valence-corrected chi connectivity index (χ0v) is 17.9. The smallest absolute Gasteiger partial charge is 0.224 e. The minimum Gasteiger partial charge on any atom is -0.359 e. The van der Waals surface area contributed by atoms with Gasteiger partial charge in [-0.05, 0) is 56.8 Å². The van der Waals surface area contributed by atoms with Gasteiger partial charge in [-0.15, -0.1) is 17.9 Å². The van der Waals surface area contributed by atoms with Crippen LogP contribution in [0.4, 0.5) is 0 Å². The third-order valence-electron chi connectivity index (χ3n) is 6.30. The lowest BCUT2D eigenvalue weighted by molar-refractivity contribution is -0.119. The highest BCUT2D eigenvalue weighted by Crippen LogP contribution is 2.43. The first kappa shape index (κ1) is 20.1. The molecule has 4 heteroatoms. The predicted octanol–water partition coefficient (Wildman–Crippen LogP) is 5.11. The zero-order valence-electron chi connectivity index (χ0n) is 17.0. The van der Waals surface area contributed by atoms with Crippen molar-refractivity contribution in [2.75, 3.05) is 14.1 Å². The molecule has 1 saturated carbocycles. The second-order valence-electron chi connectivity index (χ2n) is 8.25. The lowest BCUT2D eigenvalue weighted by Crippen LogP contribution is -2.49. The minimum absolute atomic E-state index is 0.0126. The summed E-state index contributed by atoms with van der Waals surface area (Å²) in [5.74, 6) is 0.617. The summed E-state index contributed by atoms with van der Waals surface area (Å²) in [5, 5.41) is 3.99. The van der Waals surface area contributed by atoms with Crippen LogP contribution in [-0.4, -0.2) is 36.5 Å². The molecule has 1 aromatic heterocycles. The molecule has 3 rings (SSSR count). The Labute approximate surface area is 167 Å². The van der Waals surface area contributed by atoms with Crippen LogP contribution in [0.25, 0.3) is 10.1 Å². The first-order valence-corrected chi connectivity index (χ1v) is 10.8. The highest BCUT2D eigenvalue weighted by atomic mass is 32.1. The number of thiophene rings is 1. The standard InChI is InChI=1S/C23H32N2OS/c1-6-23(2,3)25(5)19-12-8-7-11-17(19)21-15-18-16(14-22(26)24-4)10-9-13-20(18)27-21/h6,9-10,13,15,17,19H,1,7-8,11-12,14H2,2-5H3,(H,24,26). The molecule has 0 saturated heterocycles. The molecule has 146 valence electrons. The number of carbonyl (C=O) groups is 1. The maximum absolute atomic E-state index is 11.9. The third kappa shape index (κ3) is 4.12. The second-order valence-corrected chi connectivity index (χ2v) is 9.37. The number of nitrogens with zero attached hydrogens (tertiary/aromatic N) is 1. The fourth-order valence-electron chi connectivity index (χ4n) is 4.22. The first-order chi connectivity index (χ1) is 12.9. The molecule has 27 heavy (non-hydrogen) atoms. The van der Waals surface area contributed by atoms with Gasteiger partial charge in [-0.1, -0.05) is 31.1 Å². The molecule has 1 aromatic carbocycles. The van der Waals surface area contributed by atoms with E-state index in [1.165, 1.54) is 40.6 Å². The van der Waals surface area contributed by atoms with Crippen molar-refractivity contribution in [2.24, 2.45) is 0 Å². The van der Waals surface area contributed by atoms with Crippen molar-refractivity contribution in [1.29, 1.82) is 0 Å². The van der Waals surface area contributed by atoms with Crippen LogP contribution < -0.4 is 5.32 Å². The van der Waals surface area contributed by atoms with Crippen molar-refractivity contribution in [3.05, 3.63) is 47.4 Å². The Morgan fingerprint density at radius 1 is 1.37 bits per heavy atom. The van der Waals surface area contributed by atoms with Gasteiger partial charge in [0, 0.05) is 34.1 Å². The molecule has 1 heterocycles. The van der Waals surface area contributed by atoms with Crippen molar-refractivity contribution < 1.29 is 4.79 Å². The number of carbonyl (C=O) groups excluding carboxylic acids is 1. The van der Waals surface area contributed by atoms with Crippen molar-refractivity contribution in [1.82, 2.24) is 10.2 Å². The Kier molecular flexibility index (Phi) is 6.07. The Morgan fingerprint density at radius 3 is 2.81 bits per heavy atom. The number of hydrogen-bond donors (Lipinski definition) is 1. The quantitative estimate of drug-likeness (QED) is 0.702. The molecule has 0 spiro atoms. The largest absolute Gasteiger partial charge is 0.359 e. The van der Waals surface area contributed by atoms with Crippen LogP contribution in [-0.2, 0) is 11.2 Å². The van der Waals surface area contributed by atoms with Gasteiger partial charge in [-0.3, -0.25) is 9.69 Å². The van der Waals surface area contributed by atoms with E-state index in [0.29, 0.717) is 18.4 Å². The van der Waals surface area contributed by atoms with Crippen LogP contribution in [0.3, 0.4) is 0 Å². The minimum atomic E-state index is -0.0126. The Morgan fingerprint density at radius 2 is 2.11 bits per heavy atom. The van der Waals surface area contributed by atoms with Crippen LogP contribution in [0.5, 0.6) is 0 Å². The molecule has 2 unspecified atom stereocenters. The molecular weight excluding hydrogens is 352 g/mol. The molecule has 3 nitrogen and oxygen atoms in total. The summed E-state index contributed by atoms with van der Waals surface area (Å²) in [5.41, 5.74) is 1.11. The van der Waals surface area contributed by atoms with Gasteiger partial charge in [0.2, 0.25) is 5.91 Å². The number of amides is 1. The average Bonchev–Trinajstić information content (AvgIpc) is 3.12. The first-order valence-electron chi connectivity index (χ1n) is 9.96. The van der Waals surface area contributed by atoms with Crippen molar-refractivity contribution >= 4 is 27.3 Å². The van der Waals surface area contributed by atoms with E-state index in [0.717, 1.165) is 5.56 Å². The van der Waals surface area contributed by atoms with Crippen LogP contribution in [0.15, 0.2) is 36.9 Å². The van der Waals surface area contributed by atoms with Gasteiger partial charge in [0.15, 0.2) is 0 Å². The predicted molar refractivity (Wildman–Crippen MR) is 117 cm³/mol. The van der Waals surface area contributed by atoms with Gasteiger partial charge < -0.3 is 5.32 Å². The average molecular weight is 385 g/mol. The van der Waals surface area contributed by atoms with E-state index in [9.17, 15) is 4.79 Å². The lowest BCUT2D eigenvalue weighted by Gasteiger charge is -2.44. The summed E-state index contributed by atoms with van der Waals surface area (Å²) < 4.78 is 1.29. The molecule has 1 aliphatic carbocycles. The highest BCUT2D eigenvalue weighted by Gasteiger charge is 2.35. The van der Waals surface area contributed by atoms with Crippen LogP contribution in [0, 0.1) is 0 Å². The summed E-state index contributed by atoms with van der Waals surface area (Å²) in [4.78, 5) is 15.9. The molecule has 2 atom stereocenters. The van der Waals surface area contributed by atoms with E-state index in [1.807, 2.05) is 11.3 Å². The summed E-state index contributed by atoms with van der Waals surface area (Å²) in [7, 11) is 3.94. The molecule has 1 fully saturated rings. The van der Waals surface area contributed by atoms with Gasteiger partial charge in [0.1, 0.15) is 0 Å². The lowest BCUT2D eigenvalue weighted by atomic mass is 9.80. The van der Waals surface area contributed by atoms with Gasteiger partial charge in [0.25, 0.3) is 0 Å². The number of nitrogens with one attached hydrogen (secondary N) is 1. The van der Waals surface area contributed by atoms with E-state index in [2.05, 4.69) is 68.0 Å². The van der Waals surface area contributed by atoms with Gasteiger partial charge in [-0.2, -0.15) is 0 Å². The topological polar surface area (TPSA) is 32.3 Å². The maximum atomic E-state index is 11.9. The Bertz CT molecular complexity index is 823. The monoisotopic (exact) mass is 384 g/mol. The molecular formula is C23H32N2OS. The summed E-state index contributed by atoms with van der Waals surface area (Å²) in [6.45, 7) is 8.55. The molecule has 1 N–H and O–H groups in total. The van der Waals surface area contributed by atoms with Gasteiger partial charge in [0.05, 0.1) is 6.42 Å². The summed E-state index contributed by atoms with van der Waals surface area (Å²) in [6.07, 6.45) is 7.57. The summed E-state index contributed by atoms with van der Waals surface area (Å²) in [6, 6.07) is 9.23. The number of hydrogen-bond acceptors (Lipinski definition) is 3. The number of likely N-dealkylation sites (N-methyl/N-ethyl adjacent to an activating group) is 2. The highest BCUT2D eigenvalue weighted by molar-refractivity contribution is 7.19. The van der Waals surface area contributed by atoms with E-state index < -0.39 is 0 Å². The molecule has 0 radical (unpaired) electrons. The molecule has 1 amide bonds. The van der Waals surface area contributed by atoms with E-state index >= 15 is 0 Å². The number of fused-ring (bicyclic) bond motifs is 1. The third-order valence-corrected chi connectivity index (χ3v) is 7.53. The van der Waals surface area contributed by atoms with Crippen LogP contribution in [0.1, 0.15) is 55.9 Å². The van der Waals surface area contributed by atoms with Crippen LogP contribution >= 0.6 is 11.3 Å². The second kappa shape index (κ2) is 8.15. The zero-order chi connectivity index (χ0) is 19.6. The Balaban J connectivity index is 1.96. The van der Waals surface area contributed by atoms with E-state index in [1.54, 1.807) is 7.05 Å². The number of rotatable bonds is 6. The molecule has 1 aliphatic rings. The van der Waals surface area contributed by atoms with Gasteiger partial charge in [-0.25, -0.2) is 0 Å². The van der Waals surface area contributed by atoms with Crippen molar-refractivity contribution in [2.45, 2.75) is 63.5 Å². The Hall–Kier alpha value is -1.65. The normalized spacial score (nSPS) is 20.8. The summed E-state index contributed by atoms with van der Waals surface area (Å²) >= 11 is 1.91. The molecule has 0 aliphatic heterocycles. The maximum Gasteiger partial charge on any atom is 0.224 e. The molecule has 2 aromatic rings. The van der Waals surface area contributed by atoms with E-state index in [4.69, 9.17) is 0 Å². The molecule has 0 bridgehead atoms. The van der Waals surface area contributed by atoms with Crippen LogP contribution in [0.2, 0.25) is 0 Å². The number of benzene rings is 1. The van der Waals surface area contributed by atoms with E-state index in [-0.39, 0.29) is 11.4 Å². The fraction of sp³-hybridized carbons (Fsp3) is 0.522. The SMILES string of the molecule is C=CC(C)(C)N(C)C1CCCCC1c1cc2c(CC(=O)NC)cccc2s1. The van der Waals surface area contributed by atoms with Crippen molar-refractivity contribution in [3.63, 3.8) is 0 Å².